The number of carbonyl (C=O) groups is 3. The number of halogens is 1. The standard InChI is InChI=1S/C22H15ClN2O4S/c1-13-7-8-15(12-18(13)23)25-21(27)17(20(26)24-25)11-14-4-2-5-16(10-14)29-22(28)19-6-3-9-30-19/h2-12H,1H3,(H,24,26)/b17-11-. The molecule has 4 rings (SSSR count). The second-order valence-corrected chi connectivity index (χ2v) is 7.87. The average molecular weight is 439 g/mol. The van der Waals surface area contributed by atoms with Gasteiger partial charge in [-0.3, -0.25) is 15.0 Å². The molecule has 30 heavy (non-hydrogen) atoms. The minimum absolute atomic E-state index is 0.0339. The third-order valence-corrected chi connectivity index (χ3v) is 5.66. The Labute approximate surface area is 181 Å². The first-order valence-electron chi connectivity index (χ1n) is 8.91. The third kappa shape index (κ3) is 3.98. The van der Waals surface area contributed by atoms with Gasteiger partial charge >= 0.3 is 5.97 Å². The molecule has 1 aliphatic rings. The van der Waals surface area contributed by atoms with Gasteiger partial charge in [-0.15, -0.1) is 11.3 Å². The van der Waals surface area contributed by atoms with Gasteiger partial charge in [-0.1, -0.05) is 35.9 Å². The summed E-state index contributed by atoms with van der Waals surface area (Å²) in [4.78, 5) is 37.8. The Morgan fingerprint density at radius 1 is 1.13 bits per heavy atom. The lowest BCUT2D eigenvalue weighted by atomic mass is 10.1. The van der Waals surface area contributed by atoms with Crippen LogP contribution in [0.15, 0.2) is 65.6 Å². The zero-order valence-electron chi connectivity index (χ0n) is 15.7. The Morgan fingerprint density at radius 2 is 1.97 bits per heavy atom. The van der Waals surface area contributed by atoms with Crippen molar-refractivity contribution in [2.24, 2.45) is 0 Å². The van der Waals surface area contributed by atoms with Crippen molar-refractivity contribution in [2.45, 2.75) is 6.92 Å². The summed E-state index contributed by atoms with van der Waals surface area (Å²) >= 11 is 7.41. The zero-order chi connectivity index (χ0) is 21.3. The molecule has 1 saturated heterocycles. The average Bonchev–Trinajstić information content (AvgIpc) is 3.35. The lowest BCUT2D eigenvalue weighted by Crippen LogP contribution is -2.35. The lowest BCUT2D eigenvalue weighted by Gasteiger charge is -2.15. The van der Waals surface area contributed by atoms with Gasteiger partial charge in [-0.05, 0) is 59.8 Å². The van der Waals surface area contributed by atoms with E-state index in [1.54, 1.807) is 60.0 Å². The number of hydrazine groups is 1. The van der Waals surface area contributed by atoms with Crippen LogP contribution in [0, 0.1) is 6.92 Å². The molecule has 0 spiro atoms. The van der Waals surface area contributed by atoms with Crippen molar-refractivity contribution in [3.63, 3.8) is 0 Å². The van der Waals surface area contributed by atoms with Crippen LogP contribution < -0.4 is 15.2 Å². The molecule has 150 valence electrons. The minimum Gasteiger partial charge on any atom is -0.422 e. The van der Waals surface area contributed by atoms with Crippen LogP contribution in [0.3, 0.4) is 0 Å². The Hall–Kier alpha value is -3.42. The van der Waals surface area contributed by atoms with Gasteiger partial charge in [0.15, 0.2) is 0 Å². The van der Waals surface area contributed by atoms with Crippen LogP contribution in [0.1, 0.15) is 20.8 Å². The molecule has 0 radical (unpaired) electrons. The predicted octanol–water partition coefficient (Wildman–Crippen LogP) is 4.39. The van der Waals surface area contributed by atoms with Crippen molar-refractivity contribution in [2.75, 3.05) is 5.01 Å². The normalized spacial score (nSPS) is 14.9. The summed E-state index contributed by atoms with van der Waals surface area (Å²) in [7, 11) is 0. The number of ether oxygens (including phenoxy) is 1. The number of carbonyl (C=O) groups excluding carboxylic acids is 3. The summed E-state index contributed by atoms with van der Waals surface area (Å²) in [6.45, 7) is 1.85. The largest absolute Gasteiger partial charge is 0.422 e. The van der Waals surface area contributed by atoms with Gasteiger partial charge in [0.05, 0.1) is 5.69 Å². The predicted molar refractivity (Wildman–Crippen MR) is 116 cm³/mol. The molecule has 2 amide bonds. The van der Waals surface area contributed by atoms with Gasteiger partial charge in [0.2, 0.25) is 0 Å². The summed E-state index contributed by atoms with van der Waals surface area (Å²) in [5.41, 5.74) is 4.38. The highest BCUT2D eigenvalue weighted by atomic mass is 35.5. The van der Waals surface area contributed by atoms with E-state index in [0.29, 0.717) is 26.9 Å². The molecule has 0 atom stereocenters. The number of hydrogen-bond donors (Lipinski definition) is 1. The van der Waals surface area contributed by atoms with E-state index in [-0.39, 0.29) is 5.57 Å². The molecule has 2 heterocycles. The van der Waals surface area contributed by atoms with Gasteiger partial charge in [0, 0.05) is 5.02 Å². The molecular formula is C22H15ClN2O4S. The van der Waals surface area contributed by atoms with Crippen LogP contribution in [0.4, 0.5) is 5.69 Å². The van der Waals surface area contributed by atoms with Crippen molar-refractivity contribution in [1.29, 1.82) is 0 Å². The Kier molecular flexibility index (Phi) is 5.39. The molecule has 0 bridgehead atoms. The summed E-state index contributed by atoms with van der Waals surface area (Å²) in [5.74, 6) is -1.18. The van der Waals surface area contributed by atoms with E-state index in [0.717, 1.165) is 10.6 Å². The molecule has 1 N–H and O–H groups in total. The third-order valence-electron chi connectivity index (χ3n) is 4.41. The second-order valence-electron chi connectivity index (χ2n) is 6.51. The number of benzene rings is 2. The number of esters is 1. The topological polar surface area (TPSA) is 75.7 Å². The van der Waals surface area contributed by atoms with Gasteiger partial charge in [0.1, 0.15) is 16.2 Å². The van der Waals surface area contributed by atoms with Crippen molar-refractivity contribution in [3.05, 3.63) is 86.6 Å². The molecule has 0 saturated carbocycles. The smallest absolute Gasteiger partial charge is 0.353 e. The second kappa shape index (κ2) is 8.14. The monoisotopic (exact) mass is 438 g/mol. The van der Waals surface area contributed by atoms with E-state index in [1.807, 2.05) is 6.92 Å². The molecule has 0 unspecified atom stereocenters. The fraction of sp³-hybridized carbons (Fsp3) is 0.0455. The first kappa shape index (κ1) is 19.9. The number of thiophene rings is 1. The zero-order valence-corrected chi connectivity index (χ0v) is 17.3. The lowest BCUT2D eigenvalue weighted by molar-refractivity contribution is -0.117. The van der Waals surface area contributed by atoms with E-state index < -0.39 is 17.8 Å². The molecule has 8 heteroatoms. The molecule has 2 aromatic carbocycles. The highest BCUT2D eigenvalue weighted by Crippen LogP contribution is 2.27. The van der Waals surface area contributed by atoms with E-state index >= 15 is 0 Å². The van der Waals surface area contributed by atoms with E-state index in [2.05, 4.69) is 5.43 Å². The molecule has 0 aliphatic carbocycles. The molecule has 3 aromatic rings. The quantitative estimate of drug-likeness (QED) is 0.284. The van der Waals surface area contributed by atoms with Crippen molar-refractivity contribution < 1.29 is 19.1 Å². The summed E-state index contributed by atoms with van der Waals surface area (Å²) in [6.07, 6.45) is 1.45. The van der Waals surface area contributed by atoms with Crippen LogP contribution in [0.25, 0.3) is 6.08 Å². The highest BCUT2D eigenvalue weighted by molar-refractivity contribution is 7.12. The number of rotatable bonds is 4. The van der Waals surface area contributed by atoms with Crippen molar-refractivity contribution >= 4 is 52.5 Å². The first-order chi connectivity index (χ1) is 14.4. The molecule has 6 nitrogen and oxygen atoms in total. The van der Waals surface area contributed by atoms with Crippen LogP contribution in [0.2, 0.25) is 5.02 Å². The van der Waals surface area contributed by atoms with Gasteiger partial charge < -0.3 is 4.74 Å². The van der Waals surface area contributed by atoms with E-state index in [9.17, 15) is 14.4 Å². The van der Waals surface area contributed by atoms with Gasteiger partial charge in [-0.2, -0.15) is 0 Å². The Morgan fingerprint density at radius 3 is 2.70 bits per heavy atom. The van der Waals surface area contributed by atoms with Crippen LogP contribution >= 0.6 is 22.9 Å². The maximum Gasteiger partial charge on any atom is 0.353 e. The highest BCUT2D eigenvalue weighted by Gasteiger charge is 2.34. The van der Waals surface area contributed by atoms with E-state index in [4.69, 9.17) is 16.3 Å². The molecule has 1 fully saturated rings. The summed E-state index contributed by atoms with van der Waals surface area (Å²) in [5, 5.41) is 3.43. The number of amides is 2. The van der Waals surface area contributed by atoms with Crippen LogP contribution in [0.5, 0.6) is 5.75 Å². The number of anilines is 1. The van der Waals surface area contributed by atoms with Gasteiger partial charge in [-0.25, -0.2) is 9.80 Å². The fourth-order valence-corrected chi connectivity index (χ4v) is 3.62. The first-order valence-corrected chi connectivity index (χ1v) is 10.2. The van der Waals surface area contributed by atoms with Crippen molar-refractivity contribution in [3.8, 4) is 5.75 Å². The number of nitrogens with zero attached hydrogens (tertiary/aromatic N) is 1. The number of nitrogens with one attached hydrogen (secondary N) is 1. The van der Waals surface area contributed by atoms with Crippen LogP contribution in [-0.4, -0.2) is 17.8 Å². The maximum absolute atomic E-state index is 12.8. The SMILES string of the molecule is Cc1ccc(N2NC(=O)/C(=C/c3cccc(OC(=O)c4cccs4)c3)C2=O)cc1Cl. The van der Waals surface area contributed by atoms with Gasteiger partial charge in [0.25, 0.3) is 11.8 Å². The number of aryl methyl sites for hydroxylation is 1. The fourth-order valence-electron chi connectivity index (χ4n) is 2.85. The summed E-state index contributed by atoms with van der Waals surface area (Å²) in [6, 6.07) is 15.1. The van der Waals surface area contributed by atoms with Crippen molar-refractivity contribution in [1.82, 2.24) is 5.43 Å². The minimum atomic E-state index is -0.530. The Balaban J connectivity index is 1.57. The van der Waals surface area contributed by atoms with E-state index in [1.165, 1.54) is 17.4 Å². The Bertz CT molecular complexity index is 1190. The molecular weight excluding hydrogens is 424 g/mol. The maximum atomic E-state index is 12.8. The van der Waals surface area contributed by atoms with Crippen LogP contribution in [-0.2, 0) is 9.59 Å². The number of hydrogen-bond acceptors (Lipinski definition) is 5. The molecule has 1 aromatic heterocycles. The summed E-state index contributed by atoms with van der Waals surface area (Å²) < 4.78 is 5.36. The molecule has 1 aliphatic heterocycles.